The summed E-state index contributed by atoms with van der Waals surface area (Å²) in [6.45, 7) is 6.63. The lowest BCUT2D eigenvalue weighted by Gasteiger charge is -2.30. The van der Waals surface area contributed by atoms with Crippen LogP contribution in [-0.4, -0.2) is 69.4 Å². The lowest BCUT2D eigenvalue weighted by Crippen LogP contribution is -2.47. The summed E-state index contributed by atoms with van der Waals surface area (Å²) >= 11 is 0. The third-order valence-electron chi connectivity index (χ3n) is 13.5. The minimum absolute atomic E-state index is 0.0372. The van der Waals surface area contributed by atoms with Crippen molar-refractivity contribution >= 4 is 19.7 Å². The third kappa shape index (κ3) is 58.9. The fraction of sp³-hybridized carbons (Fsp3) is 0.681. The van der Waals surface area contributed by atoms with Crippen LogP contribution in [0.3, 0.4) is 0 Å². The number of hydrogen-bond donors (Lipinski definition) is 1. The first kappa shape index (κ1) is 75.4. The van der Waals surface area contributed by atoms with Crippen LogP contribution in [0.15, 0.2) is 122 Å². The van der Waals surface area contributed by atoms with Gasteiger partial charge < -0.3 is 28.5 Å². The SMILES string of the molecule is CC\C=C/C=C/C=C/C=C\C=C\C=C\CCCCCC(=O)OC(/C=C\CCCCCCCCCCCCC)C(COP(=O)([O-])OCC[N+](C)(C)C)NC(=O)CCCCCCCCCCCC/C=C\C/C=C\C/C=C\CCCCC. The Morgan fingerprint density at radius 1 is 0.468 bits per heavy atom. The zero-order valence-electron chi connectivity index (χ0n) is 51.5. The third-order valence-corrected chi connectivity index (χ3v) is 14.5. The van der Waals surface area contributed by atoms with Crippen molar-refractivity contribution in [2.24, 2.45) is 0 Å². The summed E-state index contributed by atoms with van der Waals surface area (Å²) in [5, 5.41) is 3.02. The van der Waals surface area contributed by atoms with Crippen LogP contribution in [0.1, 0.15) is 252 Å². The van der Waals surface area contributed by atoms with E-state index in [2.05, 4.69) is 74.7 Å². The van der Waals surface area contributed by atoms with Gasteiger partial charge in [0.05, 0.1) is 33.8 Å². The molecule has 3 atom stereocenters. The number of quaternary nitrogens is 1. The second-order valence-corrected chi connectivity index (χ2v) is 23.7. The molecule has 0 radical (unpaired) electrons. The molecular weight excluding hydrogens is 1000 g/mol. The van der Waals surface area contributed by atoms with Crippen molar-refractivity contribution in [3.05, 3.63) is 122 Å². The maximum absolute atomic E-state index is 13.6. The summed E-state index contributed by atoms with van der Waals surface area (Å²) in [4.78, 5) is 40.0. The van der Waals surface area contributed by atoms with Gasteiger partial charge in [0.1, 0.15) is 19.3 Å². The fourth-order valence-corrected chi connectivity index (χ4v) is 9.34. The largest absolute Gasteiger partial charge is 0.756 e. The monoisotopic (exact) mass is 1120 g/mol. The second-order valence-electron chi connectivity index (χ2n) is 22.3. The number of esters is 1. The molecule has 0 aromatic rings. The van der Waals surface area contributed by atoms with Gasteiger partial charge in [-0.1, -0.05) is 271 Å². The minimum Gasteiger partial charge on any atom is -0.756 e. The molecule has 0 heterocycles. The molecule has 1 amide bonds. The fourth-order valence-electron chi connectivity index (χ4n) is 8.62. The van der Waals surface area contributed by atoms with E-state index in [-0.39, 0.29) is 24.9 Å². The molecule has 0 bridgehead atoms. The molecule has 0 aromatic heterocycles. The Morgan fingerprint density at radius 3 is 1.37 bits per heavy atom. The summed E-state index contributed by atoms with van der Waals surface area (Å²) in [5.41, 5.74) is 0. The first-order chi connectivity index (χ1) is 38.4. The molecule has 0 rings (SSSR count). The van der Waals surface area contributed by atoms with Crippen LogP contribution in [0.5, 0.6) is 0 Å². The number of phosphoric ester groups is 1. The van der Waals surface area contributed by atoms with Gasteiger partial charge in [0.2, 0.25) is 5.91 Å². The highest BCUT2D eigenvalue weighted by Gasteiger charge is 2.27. The number of amides is 1. The average Bonchev–Trinajstić information content (AvgIpc) is 3.41. The van der Waals surface area contributed by atoms with Gasteiger partial charge in [-0.05, 0) is 89.5 Å². The Balaban J connectivity index is 5.31. The van der Waals surface area contributed by atoms with Crippen molar-refractivity contribution in [1.29, 1.82) is 0 Å². The van der Waals surface area contributed by atoms with E-state index in [0.717, 1.165) is 89.9 Å². The lowest BCUT2D eigenvalue weighted by molar-refractivity contribution is -0.870. The molecule has 0 aromatic carbocycles. The summed E-state index contributed by atoms with van der Waals surface area (Å²) in [6, 6.07) is -0.918. The van der Waals surface area contributed by atoms with Crippen LogP contribution >= 0.6 is 7.82 Å². The molecule has 79 heavy (non-hydrogen) atoms. The number of ether oxygens (including phenoxy) is 1. The Kier molecular flexibility index (Phi) is 55.0. The lowest BCUT2D eigenvalue weighted by atomic mass is 10.0. The van der Waals surface area contributed by atoms with Crippen molar-refractivity contribution in [2.45, 2.75) is 264 Å². The molecule has 0 aliphatic carbocycles. The Labute approximate surface area is 486 Å². The Hall–Kier alpha value is -3.59. The number of nitrogens with one attached hydrogen (secondary N) is 1. The number of allylic oxidation sites excluding steroid dienone is 19. The topological polar surface area (TPSA) is 114 Å². The number of likely N-dealkylation sites (N-methyl/N-ethyl adjacent to an activating group) is 1. The van der Waals surface area contributed by atoms with Crippen LogP contribution in [0, 0.1) is 0 Å². The molecule has 0 aliphatic heterocycles. The minimum atomic E-state index is -4.72. The van der Waals surface area contributed by atoms with E-state index in [4.69, 9.17) is 13.8 Å². The summed E-state index contributed by atoms with van der Waals surface area (Å²) in [5.74, 6) is -0.602. The van der Waals surface area contributed by atoms with Crippen molar-refractivity contribution in [3.8, 4) is 0 Å². The van der Waals surface area contributed by atoms with Crippen molar-refractivity contribution < 1.29 is 37.3 Å². The van der Waals surface area contributed by atoms with Crippen LogP contribution in [0.4, 0.5) is 0 Å². The van der Waals surface area contributed by atoms with E-state index < -0.39 is 26.6 Å². The molecule has 10 heteroatoms. The highest BCUT2D eigenvalue weighted by atomic mass is 31.2. The zero-order valence-corrected chi connectivity index (χ0v) is 52.4. The zero-order chi connectivity index (χ0) is 57.9. The Bertz CT molecular complexity index is 1770. The molecule has 0 saturated carbocycles. The van der Waals surface area contributed by atoms with E-state index in [1.54, 1.807) is 0 Å². The number of unbranched alkanes of at least 4 members (excludes halogenated alkanes) is 27. The van der Waals surface area contributed by atoms with E-state index >= 15 is 0 Å². The molecule has 0 saturated heterocycles. The second kappa shape index (κ2) is 57.6. The normalized spacial score (nSPS) is 14.5. The predicted octanol–water partition coefficient (Wildman–Crippen LogP) is 19.3. The predicted molar refractivity (Wildman–Crippen MR) is 339 cm³/mol. The van der Waals surface area contributed by atoms with Gasteiger partial charge in [0.15, 0.2) is 0 Å². The molecule has 1 N–H and O–H groups in total. The molecule has 0 fully saturated rings. The molecule has 452 valence electrons. The number of hydrogen-bond acceptors (Lipinski definition) is 7. The van der Waals surface area contributed by atoms with Crippen molar-refractivity contribution in [2.75, 3.05) is 40.9 Å². The molecule has 3 unspecified atom stereocenters. The average molecular weight is 1120 g/mol. The van der Waals surface area contributed by atoms with E-state index in [1.165, 1.54) is 122 Å². The highest BCUT2D eigenvalue weighted by Crippen LogP contribution is 2.38. The van der Waals surface area contributed by atoms with Gasteiger partial charge in [0.25, 0.3) is 7.82 Å². The molecule has 9 nitrogen and oxygen atoms in total. The first-order valence-corrected chi connectivity index (χ1v) is 33.4. The number of nitrogens with zero attached hydrogens (tertiary/aromatic N) is 1. The molecule has 0 spiro atoms. The summed E-state index contributed by atoms with van der Waals surface area (Å²) < 4.78 is 30.3. The number of carbonyl (C=O) groups excluding carboxylic acids is 2. The van der Waals surface area contributed by atoms with E-state index in [0.29, 0.717) is 23.9 Å². The highest BCUT2D eigenvalue weighted by molar-refractivity contribution is 7.45. The number of phosphoric acid groups is 1. The number of rotatable bonds is 56. The number of carbonyl (C=O) groups is 2. The van der Waals surface area contributed by atoms with Gasteiger partial charge in [-0.15, -0.1) is 0 Å². The van der Waals surface area contributed by atoms with E-state index in [9.17, 15) is 19.0 Å². The van der Waals surface area contributed by atoms with Gasteiger partial charge in [-0.25, -0.2) is 0 Å². The molecule has 0 aliphatic rings. The quantitative estimate of drug-likeness (QED) is 0.0161. The van der Waals surface area contributed by atoms with Crippen molar-refractivity contribution in [3.63, 3.8) is 0 Å². The Morgan fingerprint density at radius 2 is 0.861 bits per heavy atom. The van der Waals surface area contributed by atoms with Crippen LogP contribution < -0.4 is 10.2 Å². The first-order valence-electron chi connectivity index (χ1n) is 31.9. The van der Waals surface area contributed by atoms with Crippen LogP contribution in [0.25, 0.3) is 0 Å². The molecular formula is C69H119N2O7P. The van der Waals surface area contributed by atoms with Gasteiger partial charge in [-0.3, -0.25) is 14.2 Å². The summed E-state index contributed by atoms with van der Waals surface area (Å²) in [6.07, 6.45) is 80.2. The standard InChI is InChI=1S/C69H119N2O7P/c1-7-10-13-16-19-22-25-28-30-32-33-34-35-36-37-39-40-43-46-49-52-55-58-61-68(72)70-66(65-77-79(74,75)76-64-63-71(4,5)6)67(60-57-54-51-48-45-42-27-24-21-18-15-12-9-3)78-69(73)62-59-56-53-50-47-44-41-38-31-29-26-23-20-17-14-11-8-2/h11,14,17,19-20,22-23,26,28-31,33-34,38,41,44,47,57,60,66-67H,7-10,12-13,15-16,18,21,24-25,27,32,35-37,39-40,42-43,45-46,48-56,58-59,61-65H2,1-6H3,(H-,70,72,74,75)/b14-11-,20-17+,22-19-,26-23+,30-28-,31-29-,34-33-,41-38+,47-44+,60-57-. The van der Waals surface area contributed by atoms with Gasteiger partial charge in [-0.2, -0.15) is 0 Å². The van der Waals surface area contributed by atoms with Crippen LogP contribution in [0.2, 0.25) is 0 Å². The van der Waals surface area contributed by atoms with Gasteiger partial charge in [0, 0.05) is 12.8 Å². The van der Waals surface area contributed by atoms with Gasteiger partial charge >= 0.3 is 5.97 Å². The summed E-state index contributed by atoms with van der Waals surface area (Å²) in [7, 11) is 1.14. The smallest absolute Gasteiger partial charge is 0.306 e. The van der Waals surface area contributed by atoms with Crippen LogP contribution in [-0.2, 0) is 27.9 Å². The maximum Gasteiger partial charge on any atom is 0.306 e. The van der Waals surface area contributed by atoms with E-state index in [1.807, 2.05) is 94.1 Å². The maximum atomic E-state index is 13.6. The van der Waals surface area contributed by atoms with Crippen molar-refractivity contribution in [1.82, 2.24) is 5.32 Å².